The van der Waals surface area contributed by atoms with E-state index in [4.69, 9.17) is 28.0 Å². The van der Waals surface area contributed by atoms with Crippen LogP contribution in [0, 0.1) is 5.82 Å². The van der Waals surface area contributed by atoms with E-state index in [1.165, 1.54) is 38.4 Å². The van der Waals surface area contributed by atoms with Gasteiger partial charge in [-0.05, 0) is 49.7 Å². The molecule has 0 bridgehead atoms. The zero-order valence-corrected chi connectivity index (χ0v) is 17.9. The second-order valence-corrected chi connectivity index (χ2v) is 9.16. The smallest absolute Gasteiger partial charge is 0.266 e. The van der Waals surface area contributed by atoms with Gasteiger partial charge in [0.05, 0.1) is 17.7 Å². The van der Waals surface area contributed by atoms with Gasteiger partial charge in [0, 0.05) is 17.6 Å². The van der Waals surface area contributed by atoms with Crippen LogP contribution in [0.2, 0.25) is 10.0 Å². The Morgan fingerprint density at radius 1 is 1.14 bits per heavy atom. The third-order valence-electron chi connectivity index (χ3n) is 4.10. The first-order valence-electron chi connectivity index (χ1n) is 8.01. The Bertz CT molecular complexity index is 1010. The Balaban J connectivity index is 2.38. The molecular weight excluding hydrogens is 430 g/mol. The number of nitrogens with one attached hydrogen (secondary N) is 1. The molecule has 2 aromatic rings. The van der Waals surface area contributed by atoms with Gasteiger partial charge in [0.1, 0.15) is 10.7 Å². The van der Waals surface area contributed by atoms with Crippen molar-refractivity contribution < 1.29 is 22.4 Å². The van der Waals surface area contributed by atoms with E-state index in [2.05, 4.69) is 5.32 Å². The van der Waals surface area contributed by atoms with E-state index in [1.807, 2.05) is 0 Å². The van der Waals surface area contributed by atoms with Gasteiger partial charge in [-0.3, -0.25) is 9.63 Å². The molecule has 2 rings (SSSR count). The summed E-state index contributed by atoms with van der Waals surface area (Å²) in [4.78, 5) is 17.2. The lowest BCUT2D eigenvalue weighted by Crippen LogP contribution is -2.41. The maximum absolute atomic E-state index is 13.3. The molecule has 0 radical (unpaired) electrons. The minimum Gasteiger partial charge on any atom is -0.343 e. The molecule has 0 atom stereocenters. The Labute approximate surface area is 173 Å². The Kier molecular flexibility index (Phi) is 6.73. The van der Waals surface area contributed by atoms with Crippen molar-refractivity contribution in [3.63, 3.8) is 0 Å². The molecule has 6 nitrogen and oxygen atoms in total. The molecule has 152 valence electrons. The van der Waals surface area contributed by atoms with Crippen LogP contribution < -0.4 is 5.32 Å². The summed E-state index contributed by atoms with van der Waals surface area (Å²) in [5, 5.41) is 2.87. The third-order valence-corrected chi connectivity index (χ3v) is 6.57. The first-order valence-corrected chi connectivity index (χ1v) is 10.2. The van der Waals surface area contributed by atoms with Gasteiger partial charge < -0.3 is 5.32 Å². The summed E-state index contributed by atoms with van der Waals surface area (Å²) in [5.74, 6) is -1.05. The van der Waals surface area contributed by atoms with Gasteiger partial charge in [0.25, 0.3) is 15.9 Å². The van der Waals surface area contributed by atoms with E-state index in [0.29, 0.717) is 10.0 Å². The van der Waals surface area contributed by atoms with Gasteiger partial charge in [-0.25, -0.2) is 12.8 Å². The number of rotatable bonds is 6. The van der Waals surface area contributed by atoms with Crippen molar-refractivity contribution in [1.29, 1.82) is 0 Å². The molecule has 0 fully saturated rings. The molecule has 0 heterocycles. The van der Waals surface area contributed by atoms with Crippen LogP contribution in [-0.2, 0) is 20.4 Å². The Hall–Kier alpha value is -1.71. The largest absolute Gasteiger partial charge is 0.343 e. The summed E-state index contributed by atoms with van der Waals surface area (Å²) in [6.07, 6.45) is 0. The van der Waals surface area contributed by atoms with Crippen molar-refractivity contribution in [2.45, 2.75) is 24.3 Å². The predicted octanol–water partition coefficient (Wildman–Crippen LogP) is 3.98. The Morgan fingerprint density at radius 3 is 2.36 bits per heavy atom. The molecule has 0 aliphatic rings. The Morgan fingerprint density at radius 2 is 1.79 bits per heavy atom. The molecule has 0 aliphatic heterocycles. The van der Waals surface area contributed by atoms with Crippen molar-refractivity contribution in [3.05, 3.63) is 63.4 Å². The third kappa shape index (κ3) is 4.64. The highest BCUT2D eigenvalue weighted by Gasteiger charge is 2.28. The summed E-state index contributed by atoms with van der Waals surface area (Å²) in [7, 11) is -1.65. The maximum atomic E-state index is 13.3. The molecule has 28 heavy (non-hydrogen) atoms. The van der Waals surface area contributed by atoms with E-state index in [0.717, 1.165) is 12.1 Å². The van der Waals surface area contributed by atoms with E-state index in [1.54, 1.807) is 13.8 Å². The fourth-order valence-corrected chi connectivity index (χ4v) is 4.38. The van der Waals surface area contributed by atoms with E-state index < -0.39 is 27.3 Å². The van der Waals surface area contributed by atoms with Crippen LogP contribution in [-0.4, -0.2) is 33.0 Å². The van der Waals surface area contributed by atoms with Crippen molar-refractivity contribution in [2.75, 3.05) is 14.2 Å². The number of hydroxylamine groups is 1. The van der Waals surface area contributed by atoms with Crippen molar-refractivity contribution in [1.82, 2.24) is 9.79 Å². The van der Waals surface area contributed by atoms with Gasteiger partial charge in [0.15, 0.2) is 0 Å². The van der Waals surface area contributed by atoms with Gasteiger partial charge in [-0.2, -0.15) is 0 Å². The number of nitrogens with zero attached hydrogens (tertiary/aromatic N) is 1. The number of hydrogen-bond acceptors (Lipinski definition) is 4. The number of halogens is 3. The molecule has 0 saturated heterocycles. The minimum atomic E-state index is -4.05. The van der Waals surface area contributed by atoms with Gasteiger partial charge >= 0.3 is 0 Å². The maximum Gasteiger partial charge on any atom is 0.266 e. The number of carbonyl (C=O) groups is 1. The molecule has 10 heteroatoms. The molecule has 0 aliphatic carbocycles. The lowest BCUT2D eigenvalue weighted by molar-refractivity contribution is -0.0258. The van der Waals surface area contributed by atoms with Gasteiger partial charge in [-0.1, -0.05) is 33.7 Å². The highest BCUT2D eigenvalue weighted by Crippen LogP contribution is 2.30. The molecule has 0 saturated carbocycles. The summed E-state index contributed by atoms with van der Waals surface area (Å²) < 4.78 is 38.9. The average molecular weight is 449 g/mol. The van der Waals surface area contributed by atoms with Crippen molar-refractivity contribution in [2.24, 2.45) is 0 Å². The van der Waals surface area contributed by atoms with Crippen molar-refractivity contribution >= 4 is 39.1 Å². The number of hydrogen-bond donors (Lipinski definition) is 1. The second kappa shape index (κ2) is 8.34. The van der Waals surface area contributed by atoms with E-state index in [-0.39, 0.29) is 20.5 Å². The minimum absolute atomic E-state index is 0.0544. The first kappa shape index (κ1) is 22.6. The van der Waals surface area contributed by atoms with Crippen LogP contribution in [0.5, 0.6) is 0 Å². The molecule has 1 amide bonds. The van der Waals surface area contributed by atoms with E-state index in [9.17, 15) is 17.6 Å². The lowest BCUT2D eigenvalue weighted by atomic mass is 9.93. The quantitative estimate of drug-likeness (QED) is 0.677. The zero-order chi connectivity index (χ0) is 21.3. The number of amides is 1. The molecule has 0 aromatic heterocycles. The second-order valence-electron chi connectivity index (χ2n) is 6.45. The summed E-state index contributed by atoms with van der Waals surface area (Å²) in [6, 6.07) is 7.73. The SMILES string of the molecule is CON(C)S(=O)(=O)c1cc(C(=O)NC(C)(C)c2ccc(F)cc2Cl)ccc1Cl. The molecule has 2 aromatic carbocycles. The van der Waals surface area contributed by atoms with Crippen LogP contribution in [0.3, 0.4) is 0 Å². The highest BCUT2D eigenvalue weighted by molar-refractivity contribution is 7.89. The lowest BCUT2D eigenvalue weighted by Gasteiger charge is -2.28. The average Bonchev–Trinajstić information content (AvgIpc) is 2.60. The fourth-order valence-electron chi connectivity index (χ4n) is 2.50. The summed E-state index contributed by atoms with van der Waals surface area (Å²) >= 11 is 12.1. The monoisotopic (exact) mass is 448 g/mol. The number of benzene rings is 2. The molecule has 0 unspecified atom stereocenters. The van der Waals surface area contributed by atoms with Gasteiger partial charge in [-0.15, -0.1) is 0 Å². The van der Waals surface area contributed by atoms with Crippen LogP contribution in [0.1, 0.15) is 29.8 Å². The standard InChI is InChI=1S/C18H19Cl2FN2O4S/c1-18(2,13-7-6-12(21)10-15(13)20)22-17(24)11-5-8-14(19)16(9-11)28(25,26)23(3)27-4/h5-10H,1-4H3,(H,22,24). The highest BCUT2D eigenvalue weighted by atomic mass is 35.5. The topological polar surface area (TPSA) is 75.7 Å². The summed E-state index contributed by atoms with van der Waals surface area (Å²) in [6.45, 7) is 3.38. The number of sulfonamides is 1. The molecular formula is C18H19Cl2FN2O4S. The number of carbonyl (C=O) groups excluding carboxylic acids is 1. The first-order chi connectivity index (χ1) is 12.9. The summed E-state index contributed by atoms with van der Waals surface area (Å²) in [5.41, 5.74) is -0.382. The van der Waals surface area contributed by atoms with Crippen LogP contribution in [0.25, 0.3) is 0 Å². The normalized spacial score (nSPS) is 12.3. The van der Waals surface area contributed by atoms with Crippen LogP contribution in [0.4, 0.5) is 4.39 Å². The predicted molar refractivity (Wildman–Crippen MR) is 105 cm³/mol. The molecule has 0 spiro atoms. The van der Waals surface area contributed by atoms with Crippen molar-refractivity contribution in [3.8, 4) is 0 Å². The van der Waals surface area contributed by atoms with E-state index >= 15 is 0 Å². The van der Waals surface area contributed by atoms with Gasteiger partial charge in [0.2, 0.25) is 0 Å². The molecule has 1 N–H and O–H groups in total. The zero-order valence-electron chi connectivity index (χ0n) is 15.6. The van der Waals surface area contributed by atoms with Crippen LogP contribution >= 0.6 is 23.2 Å². The fraction of sp³-hybridized carbons (Fsp3) is 0.278. The van der Waals surface area contributed by atoms with Crippen LogP contribution in [0.15, 0.2) is 41.3 Å².